The third kappa shape index (κ3) is 4.63. The number of benzene rings is 1. The van der Waals surface area contributed by atoms with E-state index in [0.29, 0.717) is 28.9 Å². The quantitative estimate of drug-likeness (QED) is 0.347. The maximum absolute atomic E-state index is 5.32. The molecular formula is C15H21N3O3S. The van der Waals surface area contributed by atoms with Crippen LogP contribution < -0.4 is 25.0 Å². The summed E-state index contributed by atoms with van der Waals surface area (Å²) in [7, 11) is 4.70. The zero-order valence-electron chi connectivity index (χ0n) is 13.2. The zero-order chi connectivity index (χ0) is 16.5. The second kappa shape index (κ2) is 8.89. The van der Waals surface area contributed by atoms with E-state index >= 15 is 0 Å². The van der Waals surface area contributed by atoms with Gasteiger partial charge in [0.05, 0.1) is 27.0 Å². The lowest BCUT2D eigenvalue weighted by Gasteiger charge is -2.14. The molecule has 2 N–H and O–H groups in total. The lowest BCUT2D eigenvalue weighted by molar-refractivity contribution is 0.324. The highest BCUT2D eigenvalue weighted by molar-refractivity contribution is 7.80. The van der Waals surface area contributed by atoms with Crippen LogP contribution in [0, 0.1) is 0 Å². The lowest BCUT2D eigenvalue weighted by Crippen LogP contribution is -2.32. The number of rotatable bonds is 7. The Bertz CT molecular complexity index is 548. The molecule has 0 saturated heterocycles. The maximum Gasteiger partial charge on any atom is 0.203 e. The SMILES string of the molecule is C=CCNC(=S)N/N=C(/C)c1cc(OC)c(OC)c(OC)c1. The predicted octanol–water partition coefficient (Wildman–Crippen LogP) is 2.09. The molecule has 120 valence electrons. The molecule has 0 radical (unpaired) electrons. The average molecular weight is 323 g/mol. The number of thiocarbonyl (C=S) groups is 1. The number of hydrazone groups is 1. The first-order valence-electron chi connectivity index (χ1n) is 6.56. The Balaban J connectivity index is 2.99. The van der Waals surface area contributed by atoms with Gasteiger partial charge in [0.25, 0.3) is 0 Å². The summed E-state index contributed by atoms with van der Waals surface area (Å²) in [6.07, 6.45) is 1.71. The molecule has 7 heteroatoms. The number of nitrogens with zero attached hydrogens (tertiary/aromatic N) is 1. The Hall–Kier alpha value is -2.28. The summed E-state index contributed by atoms with van der Waals surface area (Å²) in [6.45, 7) is 6.03. The zero-order valence-corrected chi connectivity index (χ0v) is 14.0. The molecule has 0 fully saturated rings. The van der Waals surface area contributed by atoms with Gasteiger partial charge in [-0.25, -0.2) is 0 Å². The van der Waals surface area contributed by atoms with Crippen LogP contribution in [-0.4, -0.2) is 38.7 Å². The van der Waals surface area contributed by atoms with E-state index in [2.05, 4.69) is 22.4 Å². The van der Waals surface area contributed by atoms with Gasteiger partial charge in [-0.3, -0.25) is 5.43 Å². The van der Waals surface area contributed by atoms with Gasteiger partial charge in [0, 0.05) is 12.1 Å². The van der Waals surface area contributed by atoms with Crippen molar-refractivity contribution in [2.45, 2.75) is 6.92 Å². The fourth-order valence-corrected chi connectivity index (χ4v) is 1.82. The van der Waals surface area contributed by atoms with Crippen LogP contribution in [0.1, 0.15) is 12.5 Å². The first-order chi connectivity index (χ1) is 10.6. The minimum atomic E-state index is 0.423. The smallest absolute Gasteiger partial charge is 0.203 e. The Labute approximate surface area is 136 Å². The Kier molecular flexibility index (Phi) is 7.18. The van der Waals surface area contributed by atoms with Crippen molar-refractivity contribution in [3.63, 3.8) is 0 Å². The highest BCUT2D eigenvalue weighted by Gasteiger charge is 2.14. The Morgan fingerprint density at radius 3 is 2.27 bits per heavy atom. The Morgan fingerprint density at radius 1 is 1.23 bits per heavy atom. The highest BCUT2D eigenvalue weighted by atomic mass is 32.1. The van der Waals surface area contributed by atoms with Gasteiger partial charge in [0.1, 0.15) is 0 Å². The van der Waals surface area contributed by atoms with Gasteiger partial charge >= 0.3 is 0 Å². The first-order valence-corrected chi connectivity index (χ1v) is 6.97. The summed E-state index contributed by atoms with van der Waals surface area (Å²) in [5.74, 6) is 1.68. The van der Waals surface area contributed by atoms with Crippen LogP contribution in [0.4, 0.5) is 0 Å². The molecule has 0 unspecified atom stereocenters. The number of nitrogens with one attached hydrogen (secondary N) is 2. The van der Waals surface area contributed by atoms with Crippen molar-refractivity contribution >= 4 is 23.0 Å². The molecule has 1 aromatic carbocycles. The van der Waals surface area contributed by atoms with E-state index in [9.17, 15) is 0 Å². The van der Waals surface area contributed by atoms with Gasteiger partial charge in [0.2, 0.25) is 5.75 Å². The molecule has 0 aliphatic heterocycles. The maximum atomic E-state index is 5.32. The molecule has 0 atom stereocenters. The fraction of sp³-hybridized carbons (Fsp3) is 0.333. The van der Waals surface area contributed by atoms with Gasteiger partial charge in [-0.1, -0.05) is 6.08 Å². The van der Waals surface area contributed by atoms with Crippen molar-refractivity contribution in [3.8, 4) is 17.2 Å². The van der Waals surface area contributed by atoms with Gasteiger partial charge in [-0.15, -0.1) is 6.58 Å². The number of methoxy groups -OCH3 is 3. The van der Waals surface area contributed by atoms with Crippen molar-refractivity contribution in [3.05, 3.63) is 30.4 Å². The second-order valence-electron chi connectivity index (χ2n) is 4.22. The molecule has 0 saturated carbocycles. The van der Waals surface area contributed by atoms with E-state index in [1.54, 1.807) is 27.4 Å². The minimum Gasteiger partial charge on any atom is -0.493 e. The largest absolute Gasteiger partial charge is 0.493 e. The number of hydrogen-bond acceptors (Lipinski definition) is 5. The van der Waals surface area contributed by atoms with Crippen LogP contribution in [0.5, 0.6) is 17.2 Å². The second-order valence-corrected chi connectivity index (χ2v) is 4.63. The third-order valence-corrected chi connectivity index (χ3v) is 3.05. The van der Waals surface area contributed by atoms with Crippen LogP contribution >= 0.6 is 12.2 Å². The van der Waals surface area contributed by atoms with E-state index in [0.717, 1.165) is 11.3 Å². The van der Waals surface area contributed by atoms with E-state index < -0.39 is 0 Å². The monoisotopic (exact) mass is 323 g/mol. The van der Waals surface area contributed by atoms with E-state index in [1.807, 2.05) is 19.1 Å². The van der Waals surface area contributed by atoms with Gasteiger partial charge in [-0.2, -0.15) is 5.10 Å². The van der Waals surface area contributed by atoms with Crippen molar-refractivity contribution in [1.82, 2.24) is 10.7 Å². The summed E-state index contributed by atoms with van der Waals surface area (Å²) < 4.78 is 15.9. The molecule has 0 aliphatic carbocycles. The molecular weight excluding hydrogens is 302 g/mol. The van der Waals surface area contributed by atoms with Gasteiger partial charge in [0.15, 0.2) is 16.6 Å². The summed E-state index contributed by atoms with van der Waals surface area (Å²) in [5.41, 5.74) is 4.32. The molecule has 22 heavy (non-hydrogen) atoms. The molecule has 0 heterocycles. The fourth-order valence-electron chi connectivity index (χ4n) is 1.69. The molecule has 6 nitrogen and oxygen atoms in total. The lowest BCUT2D eigenvalue weighted by atomic mass is 10.1. The van der Waals surface area contributed by atoms with Crippen LogP contribution in [0.25, 0.3) is 0 Å². The Morgan fingerprint density at radius 2 is 1.82 bits per heavy atom. The molecule has 0 aromatic heterocycles. The van der Waals surface area contributed by atoms with E-state index in [1.165, 1.54) is 0 Å². The van der Waals surface area contributed by atoms with Crippen LogP contribution in [0.3, 0.4) is 0 Å². The minimum absolute atomic E-state index is 0.423. The predicted molar refractivity (Wildman–Crippen MR) is 92.2 cm³/mol. The molecule has 1 aromatic rings. The van der Waals surface area contributed by atoms with Crippen LogP contribution in [0.15, 0.2) is 29.9 Å². The molecule has 0 aliphatic rings. The topological polar surface area (TPSA) is 64.1 Å². The van der Waals surface area contributed by atoms with Gasteiger partial charge < -0.3 is 19.5 Å². The normalized spacial score (nSPS) is 10.6. The van der Waals surface area contributed by atoms with Crippen molar-refractivity contribution in [1.29, 1.82) is 0 Å². The van der Waals surface area contributed by atoms with E-state index in [-0.39, 0.29) is 0 Å². The van der Waals surface area contributed by atoms with Crippen molar-refractivity contribution < 1.29 is 14.2 Å². The summed E-state index contributed by atoms with van der Waals surface area (Å²) >= 11 is 5.08. The summed E-state index contributed by atoms with van der Waals surface area (Å²) in [6, 6.07) is 3.64. The molecule has 0 bridgehead atoms. The van der Waals surface area contributed by atoms with Crippen LogP contribution in [0.2, 0.25) is 0 Å². The number of hydrogen-bond donors (Lipinski definition) is 2. The van der Waals surface area contributed by atoms with Gasteiger partial charge in [-0.05, 0) is 31.3 Å². The molecule has 1 rings (SSSR count). The third-order valence-electron chi connectivity index (χ3n) is 2.81. The molecule has 0 spiro atoms. The summed E-state index contributed by atoms with van der Waals surface area (Å²) in [4.78, 5) is 0. The van der Waals surface area contributed by atoms with Crippen LogP contribution in [-0.2, 0) is 0 Å². The van der Waals surface area contributed by atoms with Crippen molar-refractivity contribution in [2.24, 2.45) is 5.10 Å². The average Bonchev–Trinajstić information content (AvgIpc) is 2.55. The first kappa shape index (κ1) is 17.8. The summed E-state index contributed by atoms with van der Waals surface area (Å²) in [5, 5.41) is 7.58. The standard InChI is InChI=1S/C15H21N3O3S/c1-6-7-16-15(22)18-17-10(2)11-8-12(19-3)14(21-5)13(9-11)20-4/h6,8-9H,1,7H2,2-5H3,(H2,16,18,22)/b17-10-. The highest BCUT2D eigenvalue weighted by Crippen LogP contribution is 2.38. The van der Waals surface area contributed by atoms with E-state index in [4.69, 9.17) is 26.4 Å². The molecule has 0 amide bonds. The number of ether oxygens (including phenoxy) is 3. The van der Waals surface area contributed by atoms with Crippen molar-refractivity contribution in [2.75, 3.05) is 27.9 Å².